The highest BCUT2D eigenvalue weighted by Gasteiger charge is 2.29. The third-order valence-corrected chi connectivity index (χ3v) is 3.34. The first-order valence-electron chi connectivity index (χ1n) is 6.17. The van der Waals surface area contributed by atoms with E-state index in [1.54, 1.807) is 14.0 Å². The van der Waals surface area contributed by atoms with E-state index < -0.39 is 11.6 Å². The standard InChI is InChI=1S/C13H19ClN2O3/c1-5-13(3,18-4)12-15-8-9(10(7-14)16-12)11(17)19-6-2/h8H,5-7H2,1-4H3. The third kappa shape index (κ3) is 3.42. The van der Waals surface area contributed by atoms with Gasteiger partial charge >= 0.3 is 5.97 Å². The molecule has 0 bridgehead atoms. The Morgan fingerprint density at radius 2 is 2.16 bits per heavy atom. The van der Waals surface area contributed by atoms with Crippen molar-refractivity contribution in [2.45, 2.75) is 38.7 Å². The van der Waals surface area contributed by atoms with E-state index >= 15 is 0 Å². The zero-order valence-corrected chi connectivity index (χ0v) is 12.5. The van der Waals surface area contributed by atoms with Crippen molar-refractivity contribution in [2.24, 2.45) is 0 Å². The van der Waals surface area contributed by atoms with E-state index in [2.05, 4.69) is 9.97 Å². The van der Waals surface area contributed by atoms with Gasteiger partial charge in [-0.15, -0.1) is 11.6 Å². The molecule has 1 aromatic heterocycles. The summed E-state index contributed by atoms with van der Waals surface area (Å²) in [6.07, 6.45) is 2.16. The summed E-state index contributed by atoms with van der Waals surface area (Å²) in [5, 5.41) is 0. The van der Waals surface area contributed by atoms with Gasteiger partial charge in [-0.1, -0.05) is 6.92 Å². The Morgan fingerprint density at radius 3 is 2.63 bits per heavy atom. The van der Waals surface area contributed by atoms with Crippen LogP contribution in [-0.4, -0.2) is 29.7 Å². The van der Waals surface area contributed by atoms with Gasteiger partial charge in [0.15, 0.2) is 5.82 Å². The van der Waals surface area contributed by atoms with Gasteiger partial charge in [0.05, 0.1) is 18.2 Å². The lowest BCUT2D eigenvalue weighted by Gasteiger charge is -2.25. The van der Waals surface area contributed by atoms with Gasteiger partial charge in [0.2, 0.25) is 0 Å². The third-order valence-electron chi connectivity index (χ3n) is 3.09. The molecule has 0 N–H and O–H groups in total. The summed E-state index contributed by atoms with van der Waals surface area (Å²) in [5.74, 6) is 0.175. The van der Waals surface area contributed by atoms with E-state index in [-0.39, 0.29) is 5.88 Å². The van der Waals surface area contributed by atoms with Gasteiger partial charge in [0, 0.05) is 13.3 Å². The van der Waals surface area contributed by atoms with E-state index in [0.29, 0.717) is 30.1 Å². The highest BCUT2D eigenvalue weighted by atomic mass is 35.5. The quantitative estimate of drug-likeness (QED) is 0.594. The largest absolute Gasteiger partial charge is 0.462 e. The second-order valence-electron chi connectivity index (χ2n) is 4.20. The number of ether oxygens (including phenoxy) is 2. The van der Waals surface area contributed by atoms with Crippen molar-refractivity contribution in [3.05, 3.63) is 23.3 Å². The number of carbonyl (C=O) groups is 1. The lowest BCUT2D eigenvalue weighted by Crippen LogP contribution is -2.27. The Morgan fingerprint density at radius 1 is 1.47 bits per heavy atom. The molecule has 6 heteroatoms. The van der Waals surface area contributed by atoms with Crippen LogP contribution in [0.3, 0.4) is 0 Å². The van der Waals surface area contributed by atoms with Gasteiger partial charge in [0.25, 0.3) is 0 Å². The monoisotopic (exact) mass is 286 g/mol. The zero-order valence-electron chi connectivity index (χ0n) is 11.7. The maximum absolute atomic E-state index is 11.7. The average Bonchev–Trinajstić information content (AvgIpc) is 2.45. The molecule has 0 amide bonds. The van der Waals surface area contributed by atoms with Crippen molar-refractivity contribution in [2.75, 3.05) is 13.7 Å². The number of esters is 1. The smallest absolute Gasteiger partial charge is 0.341 e. The summed E-state index contributed by atoms with van der Waals surface area (Å²) < 4.78 is 10.4. The molecular formula is C13H19ClN2O3. The fraction of sp³-hybridized carbons (Fsp3) is 0.615. The van der Waals surface area contributed by atoms with Crippen molar-refractivity contribution in [3.63, 3.8) is 0 Å². The van der Waals surface area contributed by atoms with Crippen LogP contribution in [0, 0.1) is 0 Å². The molecule has 0 aliphatic carbocycles. The van der Waals surface area contributed by atoms with Crippen LogP contribution in [0.1, 0.15) is 49.1 Å². The number of halogens is 1. The minimum Gasteiger partial charge on any atom is -0.462 e. The molecule has 0 saturated carbocycles. The number of rotatable bonds is 6. The van der Waals surface area contributed by atoms with Crippen molar-refractivity contribution in [1.29, 1.82) is 0 Å². The van der Waals surface area contributed by atoms with Crippen LogP contribution < -0.4 is 0 Å². The SMILES string of the molecule is CCOC(=O)c1cnc(C(C)(CC)OC)nc1CCl. The van der Waals surface area contributed by atoms with Gasteiger partial charge in [-0.25, -0.2) is 14.8 Å². The molecule has 1 atom stereocenters. The lowest BCUT2D eigenvalue weighted by atomic mass is 10.0. The second kappa shape index (κ2) is 6.82. The first kappa shape index (κ1) is 15.9. The average molecular weight is 287 g/mol. The predicted molar refractivity (Wildman–Crippen MR) is 72.2 cm³/mol. The highest BCUT2D eigenvalue weighted by molar-refractivity contribution is 6.17. The van der Waals surface area contributed by atoms with Crippen LogP contribution in [0.4, 0.5) is 0 Å². The molecule has 0 radical (unpaired) electrons. The summed E-state index contributed by atoms with van der Waals surface area (Å²) in [6.45, 7) is 5.91. The fourth-order valence-corrected chi connectivity index (χ4v) is 1.75. The minimum absolute atomic E-state index is 0.118. The Balaban J connectivity index is 3.19. The molecule has 0 fully saturated rings. The first-order chi connectivity index (χ1) is 9.02. The van der Waals surface area contributed by atoms with Crippen LogP contribution in [0.2, 0.25) is 0 Å². The highest BCUT2D eigenvalue weighted by Crippen LogP contribution is 2.26. The van der Waals surface area contributed by atoms with E-state index in [4.69, 9.17) is 21.1 Å². The van der Waals surface area contributed by atoms with Crippen LogP contribution >= 0.6 is 11.6 Å². The lowest BCUT2D eigenvalue weighted by molar-refractivity contribution is -0.00923. The van der Waals surface area contributed by atoms with Crippen molar-refractivity contribution in [1.82, 2.24) is 9.97 Å². The number of hydrogen-bond donors (Lipinski definition) is 0. The molecule has 1 heterocycles. The number of carbonyl (C=O) groups excluding carboxylic acids is 1. The summed E-state index contributed by atoms with van der Waals surface area (Å²) in [5.41, 5.74) is 0.172. The van der Waals surface area contributed by atoms with Crippen LogP contribution in [0.5, 0.6) is 0 Å². The van der Waals surface area contributed by atoms with Crippen LogP contribution in [0.25, 0.3) is 0 Å². The summed E-state index contributed by atoms with van der Waals surface area (Å²) in [6, 6.07) is 0. The molecule has 0 saturated heterocycles. The molecule has 5 nitrogen and oxygen atoms in total. The molecular weight excluding hydrogens is 268 g/mol. The number of aromatic nitrogens is 2. The van der Waals surface area contributed by atoms with E-state index in [1.807, 2.05) is 13.8 Å². The topological polar surface area (TPSA) is 61.3 Å². The predicted octanol–water partition coefficient (Wildman–Crippen LogP) is 2.66. The molecule has 106 valence electrons. The molecule has 0 aliphatic heterocycles. The first-order valence-corrected chi connectivity index (χ1v) is 6.70. The van der Waals surface area contributed by atoms with Gasteiger partial charge in [0.1, 0.15) is 11.2 Å². The van der Waals surface area contributed by atoms with E-state index in [9.17, 15) is 4.79 Å². The van der Waals surface area contributed by atoms with Crippen LogP contribution in [-0.2, 0) is 21.0 Å². The van der Waals surface area contributed by atoms with E-state index in [1.165, 1.54) is 6.20 Å². The Hall–Kier alpha value is -1.20. The van der Waals surface area contributed by atoms with Gasteiger partial charge in [-0.3, -0.25) is 0 Å². The second-order valence-corrected chi connectivity index (χ2v) is 4.46. The number of hydrogen-bond acceptors (Lipinski definition) is 5. The summed E-state index contributed by atoms with van der Waals surface area (Å²) in [4.78, 5) is 20.3. The minimum atomic E-state index is -0.589. The van der Waals surface area contributed by atoms with Crippen molar-refractivity contribution >= 4 is 17.6 Å². The zero-order chi connectivity index (χ0) is 14.5. The Kier molecular flexibility index (Phi) is 5.69. The normalized spacial score (nSPS) is 13.9. The van der Waals surface area contributed by atoms with Crippen LogP contribution in [0.15, 0.2) is 6.20 Å². The van der Waals surface area contributed by atoms with Crippen molar-refractivity contribution < 1.29 is 14.3 Å². The number of nitrogens with zero attached hydrogens (tertiary/aromatic N) is 2. The number of methoxy groups -OCH3 is 1. The van der Waals surface area contributed by atoms with E-state index in [0.717, 1.165) is 0 Å². The maximum Gasteiger partial charge on any atom is 0.341 e. The van der Waals surface area contributed by atoms with Crippen molar-refractivity contribution in [3.8, 4) is 0 Å². The fourth-order valence-electron chi connectivity index (χ4n) is 1.55. The molecule has 1 rings (SSSR count). The maximum atomic E-state index is 11.7. The molecule has 1 unspecified atom stereocenters. The Labute approximate surface area is 118 Å². The molecule has 19 heavy (non-hydrogen) atoms. The van der Waals surface area contributed by atoms with Gasteiger partial charge in [-0.2, -0.15) is 0 Å². The van der Waals surface area contributed by atoms with Gasteiger partial charge in [-0.05, 0) is 20.3 Å². The van der Waals surface area contributed by atoms with Gasteiger partial charge < -0.3 is 9.47 Å². The summed E-state index contributed by atoms with van der Waals surface area (Å²) >= 11 is 5.85. The molecule has 0 aromatic carbocycles. The molecule has 1 aromatic rings. The Bertz CT molecular complexity index is 448. The molecule has 0 aliphatic rings. The molecule has 0 spiro atoms. The summed E-state index contributed by atoms with van der Waals surface area (Å²) in [7, 11) is 1.60. The number of alkyl halides is 1.